The molecule has 0 fully saturated rings. The van der Waals surface area contributed by atoms with Crippen LogP contribution in [0.25, 0.3) is 0 Å². The summed E-state index contributed by atoms with van der Waals surface area (Å²) in [6.07, 6.45) is 6.37. The van der Waals surface area contributed by atoms with Gasteiger partial charge in [0.25, 0.3) is 5.91 Å². The monoisotopic (exact) mass is 431 g/mol. The van der Waals surface area contributed by atoms with E-state index < -0.39 is 0 Å². The third-order valence-electron chi connectivity index (χ3n) is 4.18. The number of carbonyl (C=O) groups excluding carboxylic acids is 2. The van der Waals surface area contributed by atoms with E-state index in [4.69, 9.17) is 27.1 Å². The SMILES string of the molecule is NCCCNCCCCN(OCCO)C(=O)CNC(=O)CCCCCCN=C(N)N. The minimum absolute atomic E-state index is 0.0360. The Bertz CT molecular complexity index is 474. The summed E-state index contributed by atoms with van der Waals surface area (Å²) in [5.41, 5.74) is 15.9. The van der Waals surface area contributed by atoms with Crippen molar-refractivity contribution in [3.8, 4) is 0 Å². The number of rotatable bonds is 20. The van der Waals surface area contributed by atoms with Gasteiger partial charge < -0.3 is 32.9 Å². The van der Waals surface area contributed by atoms with Gasteiger partial charge in [-0.2, -0.15) is 0 Å². The van der Waals surface area contributed by atoms with Crippen molar-refractivity contribution in [2.45, 2.75) is 51.4 Å². The molecule has 0 aromatic carbocycles. The molecule has 0 aliphatic carbocycles. The zero-order chi connectivity index (χ0) is 22.5. The molecule has 11 nitrogen and oxygen atoms in total. The van der Waals surface area contributed by atoms with E-state index in [1.807, 2.05) is 0 Å². The topological polar surface area (TPSA) is 181 Å². The Balaban J connectivity index is 3.96. The number of nitrogens with one attached hydrogen (secondary N) is 2. The van der Waals surface area contributed by atoms with Crippen LogP contribution in [0.15, 0.2) is 4.99 Å². The van der Waals surface area contributed by atoms with Gasteiger partial charge in [-0.3, -0.25) is 19.4 Å². The molecule has 11 heteroatoms. The summed E-state index contributed by atoms with van der Waals surface area (Å²) in [5, 5.41) is 16.1. The van der Waals surface area contributed by atoms with Crippen LogP contribution in [-0.2, 0) is 14.4 Å². The number of hydroxylamine groups is 2. The van der Waals surface area contributed by atoms with Crippen LogP contribution >= 0.6 is 0 Å². The minimum Gasteiger partial charge on any atom is -0.394 e. The Morgan fingerprint density at radius 1 is 1.00 bits per heavy atom. The number of guanidine groups is 1. The van der Waals surface area contributed by atoms with Crippen LogP contribution in [0.5, 0.6) is 0 Å². The standard InChI is InChI=1S/C19H41N7O4/c20-9-7-11-23-10-5-6-13-26(30-15-14-27)18(29)16-25-17(28)8-3-1-2-4-12-24-19(21)22/h23,27H,1-16,20H2,(H,25,28)(H4,21,22,24). The third-order valence-corrected chi connectivity index (χ3v) is 4.18. The van der Waals surface area contributed by atoms with E-state index in [0.29, 0.717) is 26.1 Å². The highest BCUT2D eigenvalue weighted by Gasteiger charge is 2.15. The van der Waals surface area contributed by atoms with Crippen LogP contribution in [0.2, 0.25) is 0 Å². The van der Waals surface area contributed by atoms with Gasteiger partial charge >= 0.3 is 0 Å². The molecule has 2 amide bonds. The van der Waals surface area contributed by atoms with E-state index in [9.17, 15) is 9.59 Å². The van der Waals surface area contributed by atoms with Gasteiger partial charge in [-0.15, -0.1) is 0 Å². The quantitative estimate of drug-likeness (QED) is 0.0601. The number of carbonyl (C=O) groups is 2. The molecule has 176 valence electrons. The molecule has 0 aliphatic rings. The summed E-state index contributed by atoms with van der Waals surface area (Å²) in [6.45, 7) is 3.11. The fourth-order valence-corrected chi connectivity index (χ4v) is 2.58. The number of nitrogens with two attached hydrogens (primary N) is 3. The lowest BCUT2D eigenvalue weighted by molar-refractivity contribution is -0.189. The Morgan fingerprint density at radius 2 is 1.73 bits per heavy atom. The van der Waals surface area contributed by atoms with Crippen molar-refractivity contribution >= 4 is 17.8 Å². The first kappa shape index (κ1) is 28.1. The van der Waals surface area contributed by atoms with Crippen molar-refractivity contribution in [2.24, 2.45) is 22.2 Å². The second-order valence-electron chi connectivity index (χ2n) is 6.90. The second kappa shape index (κ2) is 20.3. The van der Waals surface area contributed by atoms with Crippen LogP contribution in [-0.4, -0.2) is 80.4 Å². The number of aliphatic hydroxyl groups excluding tert-OH is 1. The predicted octanol–water partition coefficient (Wildman–Crippen LogP) is -1.20. The Kier molecular flexibility index (Phi) is 19.0. The average molecular weight is 432 g/mol. The lowest BCUT2D eigenvalue weighted by Crippen LogP contribution is -2.41. The minimum atomic E-state index is -0.329. The molecule has 0 saturated carbocycles. The lowest BCUT2D eigenvalue weighted by atomic mass is 10.1. The predicted molar refractivity (Wildman–Crippen MR) is 117 cm³/mol. The van der Waals surface area contributed by atoms with E-state index in [2.05, 4.69) is 15.6 Å². The first-order chi connectivity index (χ1) is 14.5. The van der Waals surface area contributed by atoms with Gasteiger partial charge in [0.05, 0.1) is 19.8 Å². The Morgan fingerprint density at radius 3 is 2.43 bits per heavy atom. The van der Waals surface area contributed by atoms with E-state index in [-0.39, 0.29) is 37.5 Å². The highest BCUT2D eigenvalue weighted by atomic mass is 16.7. The van der Waals surface area contributed by atoms with Crippen molar-refractivity contribution in [2.75, 3.05) is 52.5 Å². The summed E-state index contributed by atoms with van der Waals surface area (Å²) in [5.74, 6) is -0.404. The molecule has 0 aromatic heterocycles. The normalized spacial score (nSPS) is 10.6. The van der Waals surface area contributed by atoms with Gasteiger partial charge in [0, 0.05) is 19.5 Å². The number of hydrogen-bond acceptors (Lipinski definition) is 7. The molecule has 9 N–H and O–H groups in total. The average Bonchev–Trinajstić information content (AvgIpc) is 2.72. The van der Waals surface area contributed by atoms with Crippen molar-refractivity contribution in [1.82, 2.24) is 15.7 Å². The third kappa shape index (κ3) is 18.1. The zero-order valence-corrected chi connectivity index (χ0v) is 18.1. The molecular weight excluding hydrogens is 390 g/mol. The van der Waals surface area contributed by atoms with Gasteiger partial charge in [0.2, 0.25) is 5.91 Å². The largest absolute Gasteiger partial charge is 0.394 e. The van der Waals surface area contributed by atoms with E-state index in [1.54, 1.807) is 0 Å². The number of hydrogen-bond donors (Lipinski definition) is 6. The molecule has 0 spiro atoms. The van der Waals surface area contributed by atoms with Crippen molar-refractivity contribution in [1.29, 1.82) is 0 Å². The molecule has 0 unspecified atom stereocenters. The van der Waals surface area contributed by atoms with Crippen LogP contribution in [0, 0.1) is 0 Å². The number of amides is 2. The van der Waals surface area contributed by atoms with Gasteiger partial charge in [0.15, 0.2) is 5.96 Å². The highest BCUT2D eigenvalue weighted by Crippen LogP contribution is 2.03. The number of aliphatic imine (C=N–C) groups is 1. The van der Waals surface area contributed by atoms with Crippen molar-refractivity contribution < 1.29 is 19.5 Å². The van der Waals surface area contributed by atoms with Gasteiger partial charge in [0.1, 0.15) is 0 Å². The maximum Gasteiger partial charge on any atom is 0.265 e. The first-order valence-electron chi connectivity index (χ1n) is 10.8. The lowest BCUT2D eigenvalue weighted by Gasteiger charge is -2.21. The number of unbranched alkanes of at least 4 members (excludes halogenated alkanes) is 4. The molecule has 0 heterocycles. The Labute approximate surface area is 179 Å². The van der Waals surface area contributed by atoms with Crippen LogP contribution in [0.1, 0.15) is 51.4 Å². The second-order valence-corrected chi connectivity index (χ2v) is 6.90. The summed E-state index contributed by atoms with van der Waals surface area (Å²) < 4.78 is 0. The summed E-state index contributed by atoms with van der Waals surface area (Å²) in [6, 6.07) is 0. The first-order valence-corrected chi connectivity index (χ1v) is 10.8. The molecule has 30 heavy (non-hydrogen) atoms. The molecule has 0 bridgehead atoms. The van der Waals surface area contributed by atoms with E-state index in [0.717, 1.165) is 58.0 Å². The van der Waals surface area contributed by atoms with Crippen LogP contribution in [0.3, 0.4) is 0 Å². The molecule has 0 atom stereocenters. The van der Waals surface area contributed by atoms with Gasteiger partial charge in [-0.25, -0.2) is 5.06 Å². The van der Waals surface area contributed by atoms with Crippen molar-refractivity contribution in [3.63, 3.8) is 0 Å². The summed E-state index contributed by atoms with van der Waals surface area (Å²) in [7, 11) is 0. The van der Waals surface area contributed by atoms with E-state index >= 15 is 0 Å². The fraction of sp³-hybridized carbons (Fsp3) is 0.842. The number of nitrogens with zero attached hydrogens (tertiary/aromatic N) is 2. The number of aliphatic hydroxyl groups is 1. The zero-order valence-electron chi connectivity index (χ0n) is 18.1. The molecule has 0 saturated heterocycles. The maximum atomic E-state index is 12.3. The smallest absolute Gasteiger partial charge is 0.265 e. The maximum absolute atomic E-state index is 12.3. The molecule has 0 radical (unpaired) electrons. The molecular formula is C19H41N7O4. The summed E-state index contributed by atoms with van der Waals surface area (Å²) in [4.78, 5) is 33.4. The fourth-order valence-electron chi connectivity index (χ4n) is 2.58. The van der Waals surface area contributed by atoms with Crippen LogP contribution in [0.4, 0.5) is 0 Å². The molecule has 0 rings (SSSR count). The molecule has 0 aliphatic heterocycles. The van der Waals surface area contributed by atoms with Crippen molar-refractivity contribution in [3.05, 3.63) is 0 Å². The molecule has 0 aromatic rings. The van der Waals surface area contributed by atoms with Gasteiger partial charge in [-0.1, -0.05) is 12.8 Å². The van der Waals surface area contributed by atoms with E-state index in [1.165, 1.54) is 5.06 Å². The van der Waals surface area contributed by atoms with Crippen LogP contribution < -0.4 is 27.8 Å². The highest BCUT2D eigenvalue weighted by molar-refractivity contribution is 5.84. The summed E-state index contributed by atoms with van der Waals surface area (Å²) >= 11 is 0. The Hall–Kier alpha value is -1.95. The van der Waals surface area contributed by atoms with Gasteiger partial charge in [-0.05, 0) is 51.7 Å².